The Labute approximate surface area is 82.4 Å². The highest BCUT2D eigenvalue weighted by Crippen LogP contribution is 2.20. The highest BCUT2D eigenvalue weighted by molar-refractivity contribution is 5.57. The summed E-state index contributed by atoms with van der Waals surface area (Å²) in [4.78, 5) is 7.51. The minimum atomic E-state index is 0.796. The maximum atomic E-state index is 5.21. The van der Waals surface area contributed by atoms with Gasteiger partial charge in [0.05, 0.1) is 11.8 Å². The van der Waals surface area contributed by atoms with Crippen LogP contribution in [-0.4, -0.2) is 17.0 Å². The minimum Gasteiger partial charge on any atom is -0.469 e. The van der Waals surface area contributed by atoms with Gasteiger partial charge >= 0.3 is 0 Å². The van der Waals surface area contributed by atoms with Crippen molar-refractivity contribution in [3.63, 3.8) is 0 Å². The van der Waals surface area contributed by atoms with Crippen LogP contribution in [0.15, 0.2) is 22.9 Å². The molecule has 0 aliphatic carbocycles. The van der Waals surface area contributed by atoms with Gasteiger partial charge in [-0.3, -0.25) is 0 Å². The number of nitrogens with zero attached hydrogens (tertiary/aromatic N) is 1. The van der Waals surface area contributed by atoms with E-state index in [1.807, 2.05) is 26.2 Å². The molecule has 2 heterocycles. The fourth-order valence-electron chi connectivity index (χ4n) is 1.41. The number of rotatable bonds is 3. The molecule has 2 aromatic heterocycles. The lowest BCUT2D eigenvalue weighted by atomic mass is 10.2. The fourth-order valence-corrected chi connectivity index (χ4v) is 1.41. The molecule has 0 unspecified atom stereocenters. The molecule has 74 valence electrons. The van der Waals surface area contributed by atoms with E-state index in [1.54, 1.807) is 6.26 Å². The lowest BCUT2D eigenvalue weighted by Gasteiger charge is -1.94. The molecule has 4 nitrogen and oxygen atoms in total. The van der Waals surface area contributed by atoms with E-state index < -0.39 is 0 Å². The van der Waals surface area contributed by atoms with Gasteiger partial charge in [-0.15, -0.1) is 0 Å². The van der Waals surface area contributed by atoms with Gasteiger partial charge in [0.1, 0.15) is 11.6 Å². The molecule has 0 radical (unpaired) electrons. The van der Waals surface area contributed by atoms with Crippen LogP contribution in [0, 0.1) is 6.92 Å². The molecule has 0 saturated carbocycles. The molecule has 0 atom stereocenters. The highest BCUT2D eigenvalue weighted by atomic mass is 16.3. The second kappa shape index (κ2) is 3.67. The van der Waals surface area contributed by atoms with Crippen molar-refractivity contribution in [1.29, 1.82) is 0 Å². The summed E-state index contributed by atoms with van der Waals surface area (Å²) in [6, 6.07) is 1.91. The Balaban J connectivity index is 2.29. The first-order chi connectivity index (χ1) is 6.81. The van der Waals surface area contributed by atoms with E-state index in [9.17, 15) is 0 Å². The molecule has 14 heavy (non-hydrogen) atoms. The normalized spacial score (nSPS) is 10.7. The SMILES string of the molecule is CNCc1cnc(-c2ccoc2C)[nH]1. The quantitative estimate of drug-likeness (QED) is 0.776. The average Bonchev–Trinajstić information content (AvgIpc) is 2.74. The van der Waals surface area contributed by atoms with Gasteiger partial charge in [-0.25, -0.2) is 4.98 Å². The van der Waals surface area contributed by atoms with E-state index in [0.717, 1.165) is 29.4 Å². The Bertz CT molecular complexity index is 416. The van der Waals surface area contributed by atoms with Gasteiger partial charge in [0.2, 0.25) is 0 Å². The first-order valence-corrected chi connectivity index (χ1v) is 4.54. The maximum Gasteiger partial charge on any atom is 0.141 e. The number of aromatic nitrogens is 2. The predicted molar refractivity (Wildman–Crippen MR) is 53.8 cm³/mol. The van der Waals surface area contributed by atoms with E-state index >= 15 is 0 Å². The molecule has 2 N–H and O–H groups in total. The minimum absolute atomic E-state index is 0.796. The Morgan fingerprint density at radius 1 is 1.57 bits per heavy atom. The van der Waals surface area contributed by atoms with Crippen LogP contribution in [0.1, 0.15) is 11.5 Å². The van der Waals surface area contributed by atoms with Crippen LogP contribution in [0.25, 0.3) is 11.4 Å². The van der Waals surface area contributed by atoms with Crippen LogP contribution < -0.4 is 5.32 Å². The van der Waals surface area contributed by atoms with Gasteiger partial charge in [-0.1, -0.05) is 0 Å². The summed E-state index contributed by atoms with van der Waals surface area (Å²) in [7, 11) is 1.91. The van der Waals surface area contributed by atoms with Crippen molar-refractivity contribution in [2.24, 2.45) is 0 Å². The summed E-state index contributed by atoms with van der Waals surface area (Å²) >= 11 is 0. The van der Waals surface area contributed by atoms with Crippen LogP contribution in [0.4, 0.5) is 0 Å². The van der Waals surface area contributed by atoms with Gasteiger partial charge in [0.15, 0.2) is 0 Å². The molecule has 0 aliphatic heterocycles. The van der Waals surface area contributed by atoms with Crippen molar-refractivity contribution < 1.29 is 4.42 Å². The van der Waals surface area contributed by atoms with E-state index in [2.05, 4.69) is 15.3 Å². The molecule has 0 aromatic carbocycles. The smallest absolute Gasteiger partial charge is 0.141 e. The number of hydrogen-bond acceptors (Lipinski definition) is 3. The molecule has 0 saturated heterocycles. The van der Waals surface area contributed by atoms with Crippen LogP contribution in [0.3, 0.4) is 0 Å². The number of H-pyrrole nitrogens is 1. The largest absolute Gasteiger partial charge is 0.469 e. The Hall–Kier alpha value is -1.55. The lowest BCUT2D eigenvalue weighted by molar-refractivity contribution is 0.535. The van der Waals surface area contributed by atoms with E-state index in [1.165, 1.54) is 0 Å². The van der Waals surface area contributed by atoms with Crippen LogP contribution in [0.5, 0.6) is 0 Å². The summed E-state index contributed by atoms with van der Waals surface area (Å²) in [6.07, 6.45) is 3.50. The number of aryl methyl sites for hydroxylation is 1. The third kappa shape index (κ3) is 1.56. The molecule has 0 aliphatic rings. The average molecular weight is 191 g/mol. The zero-order valence-electron chi connectivity index (χ0n) is 8.29. The van der Waals surface area contributed by atoms with Crippen LogP contribution >= 0.6 is 0 Å². The van der Waals surface area contributed by atoms with Gasteiger partial charge in [-0.2, -0.15) is 0 Å². The summed E-state index contributed by atoms with van der Waals surface area (Å²) in [5.74, 6) is 1.75. The molecule has 0 amide bonds. The van der Waals surface area contributed by atoms with Gasteiger partial charge < -0.3 is 14.7 Å². The van der Waals surface area contributed by atoms with Crippen molar-refractivity contribution in [3.05, 3.63) is 30.0 Å². The zero-order chi connectivity index (χ0) is 9.97. The first kappa shape index (κ1) is 9.02. The van der Waals surface area contributed by atoms with Gasteiger partial charge in [0, 0.05) is 18.4 Å². The maximum absolute atomic E-state index is 5.21. The van der Waals surface area contributed by atoms with Crippen LogP contribution in [0.2, 0.25) is 0 Å². The third-order valence-corrected chi connectivity index (χ3v) is 2.11. The molecular weight excluding hydrogens is 178 g/mol. The molecular formula is C10H13N3O. The summed E-state index contributed by atoms with van der Waals surface area (Å²) in [5.41, 5.74) is 2.09. The Morgan fingerprint density at radius 2 is 2.43 bits per heavy atom. The fraction of sp³-hybridized carbons (Fsp3) is 0.300. The second-order valence-electron chi connectivity index (χ2n) is 3.18. The van der Waals surface area contributed by atoms with Crippen molar-refractivity contribution in [3.8, 4) is 11.4 Å². The van der Waals surface area contributed by atoms with Gasteiger partial charge in [0.25, 0.3) is 0 Å². The number of hydrogen-bond donors (Lipinski definition) is 2. The predicted octanol–water partition coefficient (Wildman–Crippen LogP) is 1.70. The Kier molecular flexibility index (Phi) is 2.37. The topological polar surface area (TPSA) is 53.9 Å². The molecule has 4 heteroatoms. The second-order valence-corrected chi connectivity index (χ2v) is 3.18. The molecule has 0 spiro atoms. The Morgan fingerprint density at radius 3 is 3.07 bits per heavy atom. The summed E-state index contributed by atoms with van der Waals surface area (Å²) in [6.45, 7) is 2.72. The van der Waals surface area contributed by atoms with Crippen molar-refractivity contribution in [1.82, 2.24) is 15.3 Å². The molecule has 2 rings (SSSR count). The summed E-state index contributed by atoms with van der Waals surface area (Å²) in [5, 5.41) is 3.06. The number of imidazole rings is 1. The number of aromatic amines is 1. The molecule has 0 fully saturated rings. The molecule has 0 bridgehead atoms. The van der Waals surface area contributed by atoms with Crippen LogP contribution in [-0.2, 0) is 6.54 Å². The van der Waals surface area contributed by atoms with Gasteiger partial charge in [-0.05, 0) is 20.0 Å². The van der Waals surface area contributed by atoms with Crippen molar-refractivity contribution >= 4 is 0 Å². The first-order valence-electron chi connectivity index (χ1n) is 4.54. The van der Waals surface area contributed by atoms with E-state index in [-0.39, 0.29) is 0 Å². The monoisotopic (exact) mass is 191 g/mol. The molecule has 2 aromatic rings. The van der Waals surface area contributed by atoms with E-state index in [4.69, 9.17) is 4.42 Å². The standard InChI is InChI=1S/C10H13N3O/c1-7-9(3-4-14-7)10-12-6-8(13-10)5-11-2/h3-4,6,11H,5H2,1-2H3,(H,12,13). The summed E-state index contributed by atoms with van der Waals surface area (Å²) < 4.78 is 5.21. The zero-order valence-corrected chi connectivity index (χ0v) is 8.29. The third-order valence-electron chi connectivity index (χ3n) is 2.11. The van der Waals surface area contributed by atoms with Crippen molar-refractivity contribution in [2.75, 3.05) is 7.05 Å². The number of nitrogens with one attached hydrogen (secondary N) is 2. The number of furan rings is 1. The van der Waals surface area contributed by atoms with Crippen molar-refractivity contribution in [2.45, 2.75) is 13.5 Å². The lowest BCUT2D eigenvalue weighted by Crippen LogP contribution is -2.04. The highest BCUT2D eigenvalue weighted by Gasteiger charge is 2.07. The van der Waals surface area contributed by atoms with E-state index in [0.29, 0.717) is 0 Å².